The molecule has 1 aromatic carbocycles. The maximum absolute atomic E-state index is 12.7. The van der Waals surface area contributed by atoms with E-state index in [2.05, 4.69) is 16.7 Å². The highest BCUT2D eigenvalue weighted by Gasteiger charge is 2.44. The van der Waals surface area contributed by atoms with Crippen molar-refractivity contribution in [2.24, 2.45) is 5.41 Å². The van der Waals surface area contributed by atoms with Crippen molar-refractivity contribution in [3.8, 4) is 0 Å². The molecule has 3 fully saturated rings. The molecule has 1 spiro atoms. The Morgan fingerprint density at radius 1 is 1.14 bits per heavy atom. The second-order valence-electron chi connectivity index (χ2n) is 8.54. The molecule has 1 aromatic rings. The minimum atomic E-state index is -0.383. The number of nitrogens with one attached hydrogen (secondary N) is 2. The summed E-state index contributed by atoms with van der Waals surface area (Å²) in [7, 11) is 0. The van der Waals surface area contributed by atoms with Crippen molar-refractivity contribution in [2.45, 2.75) is 39.2 Å². The van der Waals surface area contributed by atoms with E-state index in [1.165, 1.54) is 17.3 Å². The summed E-state index contributed by atoms with van der Waals surface area (Å²) in [6.45, 7) is 6.92. The molecule has 0 aliphatic carbocycles. The second kappa shape index (κ2) is 7.89. The SMILES string of the molecule is Cc1ccc(NC(=O)N2CCC3(CC2)CCN(C(=O)[C@@H]2CSC(=O)N2)C3)c(C)c1. The highest BCUT2D eigenvalue weighted by molar-refractivity contribution is 8.14. The van der Waals surface area contributed by atoms with Crippen LogP contribution in [0.5, 0.6) is 0 Å². The first-order valence-electron chi connectivity index (χ1n) is 10.2. The lowest BCUT2D eigenvalue weighted by Crippen LogP contribution is -2.48. The van der Waals surface area contributed by atoms with Gasteiger partial charge in [0, 0.05) is 37.6 Å². The molecule has 7 nitrogen and oxygen atoms in total. The van der Waals surface area contributed by atoms with Gasteiger partial charge in [-0.05, 0) is 50.2 Å². The number of thioether (sulfide) groups is 1. The third-order valence-corrected chi connectivity index (χ3v) is 7.34. The normalized spacial score (nSPS) is 23.4. The van der Waals surface area contributed by atoms with Crippen LogP contribution in [0.2, 0.25) is 0 Å². The molecule has 29 heavy (non-hydrogen) atoms. The fourth-order valence-corrected chi connectivity index (χ4v) is 5.37. The molecule has 3 saturated heterocycles. The molecule has 0 radical (unpaired) electrons. The summed E-state index contributed by atoms with van der Waals surface area (Å²) >= 11 is 1.18. The minimum Gasteiger partial charge on any atom is -0.340 e. The predicted octanol–water partition coefficient (Wildman–Crippen LogP) is 2.97. The van der Waals surface area contributed by atoms with E-state index in [1.54, 1.807) is 0 Å². The van der Waals surface area contributed by atoms with Crippen LogP contribution in [0, 0.1) is 19.3 Å². The zero-order valence-electron chi connectivity index (χ0n) is 17.0. The number of anilines is 1. The first-order chi connectivity index (χ1) is 13.8. The van der Waals surface area contributed by atoms with Gasteiger partial charge in [0.25, 0.3) is 5.24 Å². The number of carbonyl (C=O) groups excluding carboxylic acids is 3. The number of nitrogens with zero attached hydrogens (tertiary/aromatic N) is 2. The summed E-state index contributed by atoms with van der Waals surface area (Å²) in [5.74, 6) is 0.559. The lowest BCUT2D eigenvalue weighted by atomic mass is 9.78. The Kier molecular flexibility index (Phi) is 5.46. The van der Waals surface area contributed by atoms with Crippen molar-refractivity contribution in [3.05, 3.63) is 29.3 Å². The van der Waals surface area contributed by atoms with Gasteiger partial charge in [-0.15, -0.1) is 0 Å². The summed E-state index contributed by atoms with van der Waals surface area (Å²) in [5.41, 5.74) is 3.20. The molecule has 8 heteroatoms. The zero-order valence-corrected chi connectivity index (χ0v) is 17.8. The highest BCUT2D eigenvalue weighted by atomic mass is 32.2. The van der Waals surface area contributed by atoms with Crippen LogP contribution in [0.1, 0.15) is 30.4 Å². The van der Waals surface area contributed by atoms with Crippen molar-refractivity contribution in [2.75, 3.05) is 37.2 Å². The second-order valence-corrected chi connectivity index (χ2v) is 9.53. The van der Waals surface area contributed by atoms with E-state index < -0.39 is 0 Å². The van der Waals surface area contributed by atoms with Crippen molar-refractivity contribution in [3.63, 3.8) is 0 Å². The van der Waals surface area contributed by atoms with E-state index in [4.69, 9.17) is 0 Å². The fraction of sp³-hybridized carbons (Fsp3) is 0.571. The van der Waals surface area contributed by atoms with Gasteiger partial charge >= 0.3 is 6.03 Å². The van der Waals surface area contributed by atoms with Gasteiger partial charge in [-0.3, -0.25) is 9.59 Å². The predicted molar refractivity (Wildman–Crippen MR) is 114 cm³/mol. The maximum Gasteiger partial charge on any atom is 0.321 e. The van der Waals surface area contributed by atoms with Crippen LogP contribution in [-0.4, -0.2) is 65.0 Å². The largest absolute Gasteiger partial charge is 0.340 e. The van der Waals surface area contributed by atoms with Gasteiger partial charge in [-0.1, -0.05) is 29.5 Å². The number of aryl methyl sites for hydroxylation is 2. The van der Waals surface area contributed by atoms with Gasteiger partial charge in [0.1, 0.15) is 6.04 Å². The molecule has 3 heterocycles. The van der Waals surface area contributed by atoms with Crippen LogP contribution in [0.3, 0.4) is 0 Å². The average Bonchev–Trinajstić information content (AvgIpc) is 3.31. The number of piperidine rings is 1. The third kappa shape index (κ3) is 4.22. The maximum atomic E-state index is 12.7. The molecule has 2 N–H and O–H groups in total. The monoisotopic (exact) mass is 416 g/mol. The highest BCUT2D eigenvalue weighted by Crippen LogP contribution is 2.41. The molecule has 3 aliphatic heterocycles. The quantitative estimate of drug-likeness (QED) is 0.777. The summed E-state index contributed by atoms with van der Waals surface area (Å²) in [6.07, 6.45) is 2.78. The number of urea groups is 1. The number of likely N-dealkylation sites (tertiary alicyclic amines) is 2. The van der Waals surface area contributed by atoms with Crippen molar-refractivity contribution >= 4 is 34.6 Å². The minimum absolute atomic E-state index is 0.0373. The molecule has 4 rings (SSSR count). The van der Waals surface area contributed by atoms with E-state index >= 15 is 0 Å². The molecule has 0 saturated carbocycles. The Balaban J connectivity index is 1.30. The van der Waals surface area contributed by atoms with Crippen LogP contribution in [0.15, 0.2) is 18.2 Å². The van der Waals surface area contributed by atoms with Crippen LogP contribution in [-0.2, 0) is 4.79 Å². The summed E-state index contributed by atoms with van der Waals surface area (Å²) in [4.78, 5) is 40.5. The lowest BCUT2D eigenvalue weighted by molar-refractivity contribution is -0.132. The van der Waals surface area contributed by atoms with Gasteiger partial charge in [0.2, 0.25) is 5.91 Å². The van der Waals surface area contributed by atoms with E-state index in [-0.39, 0.29) is 28.6 Å². The van der Waals surface area contributed by atoms with E-state index in [0.29, 0.717) is 18.8 Å². The molecular formula is C21H28N4O3S. The van der Waals surface area contributed by atoms with Crippen LogP contribution >= 0.6 is 11.8 Å². The number of rotatable bonds is 2. The third-order valence-electron chi connectivity index (χ3n) is 6.46. The molecule has 156 valence electrons. The van der Waals surface area contributed by atoms with Gasteiger partial charge in [-0.25, -0.2) is 4.79 Å². The van der Waals surface area contributed by atoms with Gasteiger partial charge in [-0.2, -0.15) is 0 Å². The lowest BCUT2D eigenvalue weighted by Gasteiger charge is -2.39. The Hall–Kier alpha value is -2.22. The summed E-state index contributed by atoms with van der Waals surface area (Å²) in [6, 6.07) is 5.59. The van der Waals surface area contributed by atoms with E-state index in [1.807, 2.05) is 35.8 Å². The van der Waals surface area contributed by atoms with Crippen LogP contribution < -0.4 is 10.6 Å². The molecule has 0 unspecified atom stereocenters. The number of hydrogen-bond donors (Lipinski definition) is 2. The van der Waals surface area contributed by atoms with Gasteiger partial charge < -0.3 is 20.4 Å². The molecule has 4 amide bonds. The first-order valence-corrected chi connectivity index (χ1v) is 11.2. The average molecular weight is 417 g/mol. The Labute approximate surface area is 175 Å². The number of amides is 4. The molecular weight excluding hydrogens is 388 g/mol. The fourth-order valence-electron chi connectivity index (χ4n) is 4.60. The van der Waals surface area contributed by atoms with Crippen molar-refractivity contribution < 1.29 is 14.4 Å². The Morgan fingerprint density at radius 2 is 1.83 bits per heavy atom. The standard InChI is InChI=1S/C21H28N4O3S/c1-14-3-4-16(15(2)11-14)22-19(27)24-8-5-21(6-9-24)7-10-25(13-21)18(26)17-12-29-20(28)23-17/h3-4,11,17H,5-10,12-13H2,1-2H3,(H,22,27)(H,23,28)/t17-/m0/s1. The van der Waals surface area contributed by atoms with Crippen LogP contribution in [0.4, 0.5) is 15.3 Å². The van der Waals surface area contributed by atoms with Crippen LogP contribution in [0.25, 0.3) is 0 Å². The van der Waals surface area contributed by atoms with E-state index in [0.717, 1.165) is 43.6 Å². The Morgan fingerprint density at radius 3 is 2.45 bits per heavy atom. The zero-order chi connectivity index (χ0) is 20.6. The van der Waals surface area contributed by atoms with Gasteiger partial charge in [0.05, 0.1) is 0 Å². The smallest absolute Gasteiger partial charge is 0.321 e. The molecule has 0 bridgehead atoms. The van der Waals surface area contributed by atoms with E-state index in [9.17, 15) is 14.4 Å². The number of carbonyl (C=O) groups is 3. The number of benzene rings is 1. The first kappa shape index (κ1) is 20.1. The Bertz CT molecular complexity index is 835. The molecule has 1 atom stereocenters. The topological polar surface area (TPSA) is 81.8 Å². The van der Waals surface area contributed by atoms with Gasteiger partial charge in [0.15, 0.2) is 0 Å². The summed E-state index contributed by atoms with van der Waals surface area (Å²) in [5, 5.41) is 5.67. The van der Waals surface area contributed by atoms with Crippen molar-refractivity contribution in [1.29, 1.82) is 0 Å². The molecule has 0 aromatic heterocycles. The molecule has 3 aliphatic rings. The number of hydrogen-bond acceptors (Lipinski definition) is 4. The van der Waals surface area contributed by atoms with Crippen molar-refractivity contribution in [1.82, 2.24) is 15.1 Å². The summed E-state index contributed by atoms with van der Waals surface area (Å²) < 4.78 is 0.